The Bertz CT molecular complexity index is 407. The lowest BCUT2D eigenvalue weighted by Crippen LogP contribution is -1.73. The van der Waals surface area contributed by atoms with E-state index in [-0.39, 0.29) is 0 Å². The van der Waals surface area contributed by atoms with Crippen LogP contribution < -0.4 is 0 Å². The Morgan fingerprint density at radius 2 is 0.895 bits per heavy atom. The molecule has 0 amide bonds. The highest BCUT2D eigenvalue weighted by atomic mass is 31.2. The molecule has 102 valence electrons. The van der Waals surface area contributed by atoms with Gasteiger partial charge in [-0.15, -0.1) is 0 Å². The Morgan fingerprint density at radius 3 is 1.11 bits per heavy atom. The molecule has 0 heterocycles. The average molecular weight is 300 g/mol. The molecule has 0 saturated heterocycles. The molecule has 0 spiro atoms. The van der Waals surface area contributed by atoms with Crippen molar-refractivity contribution in [1.82, 2.24) is 0 Å². The molecule has 2 rings (SSSR count). The van der Waals surface area contributed by atoms with Gasteiger partial charge in [-0.2, -0.15) is 0 Å². The Morgan fingerprint density at radius 1 is 0.579 bits per heavy atom. The van der Waals surface area contributed by atoms with Gasteiger partial charge in [0, 0.05) is 0 Å². The second-order valence-electron chi connectivity index (χ2n) is 3.32. The molecule has 0 atom stereocenters. The molecule has 0 saturated carbocycles. The largest absolute Gasteiger partial charge is 0.334 e. The van der Waals surface area contributed by atoms with E-state index in [1.54, 1.807) is 0 Å². The van der Waals surface area contributed by atoms with E-state index in [0.29, 0.717) is 0 Å². The zero-order chi connectivity index (χ0) is 14.1. The van der Waals surface area contributed by atoms with Gasteiger partial charge in [0.1, 0.15) is 0 Å². The van der Waals surface area contributed by atoms with Crippen LogP contribution in [-0.4, -0.2) is 19.6 Å². The van der Waals surface area contributed by atoms with Crippen molar-refractivity contribution in [2.45, 2.75) is 0 Å². The molecular weight excluding hydrogens is 286 g/mol. The van der Waals surface area contributed by atoms with Crippen molar-refractivity contribution in [3.63, 3.8) is 0 Å². The van der Waals surface area contributed by atoms with E-state index >= 15 is 0 Å². The number of benzene rings is 2. The molecule has 19 heavy (non-hydrogen) atoms. The van der Waals surface area contributed by atoms with Crippen LogP contribution in [0.2, 0.25) is 0 Å². The van der Waals surface area contributed by atoms with E-state index in [1.807, 2.05) is 12.1 Å². The molecule has 0 bridgehead atoms. The van der Waals surface area contributed by atoms with Crippen molar-refractivity contribution in [1.29, 1.82) is 0 Å². The van der Waals surface area contributed by atoms with Gasteiger partial charge >= 0.3 is 17.2 Å². The first-order chi connectivity index (χ1) is 9.09. The highest BCUT2D eigenvalue weighted by Crippen LogP contribution is 2.41. The van der Waals surface area contributed by atoms with Crippen molar-refractivity contribution in [2.24, 2.45) is 0 Å². The van der Waals surface area contributed by atoms with Crippen molar-refractivity contribution in [3.05, 3.63) is 60.7 Å². The Kier molecular flexibility index (Phi) is 7.72. The Hall–Kier alpha value is -0.900. The van der Waals surface area contributed by atoms with Crippen molar-refractivity contribution < 1.29 is 23.9 Å². The molecule has 7 heteroatoms. The monoisotopic (exact) mass is 300 g/mol. The minimum atomic E-state index is -2.61. The summed E-state index contributed by atoms with van der Waals surface area (Å²) in [4.78, 5) is 31.3. The van der Waals surface area contributed by atoms with Crippen molar-refractivity contribution >= 4 is 17.2 Å². The molecule has 0 aliphatic heterocycles. The second-order valence-corrected chi connectivity index (χ2v) is 4.98. The Labute approximate surface area is 113 Å². The summed E-state index contributed by atoms with van der Waals surface area (Å²) >= 11 is 0. The van der Waals surface area contributed by atoms with Crippen LogP contribution in [0, 0.1) is 0 Å². The minimum Gasteiger partial charge on any atom is -0.328 e. The molecule has 2 aromatic carbocycles. The minimum absolute atomic E-state index is 1.28. The molecular formula is C12H14O5P2. The van der Waals surface area contributed by atoms with Crippen LogP contribution in [0.1, 0.15) is 0 Å². The molecule has 4 N–H and O–H groups in total. The van der Waals surface area contributed by atoms with E-state index in [9.17, 15) is 0 Å². The van der Waals surface area contributed by atoms with Gasteiger partial charge in [0.05, 0.1) is 0 Å². The summed E-state index contributed by atoms with van der Waals surface area (Å²) in [7, 11) is -5.22. The molecule has 2 aromatic rings. The van der Waals surface area contributed by atoms with Crippen LogP contribution in [0.4, 0.5) is 0 Å². The van der Waals surface area contributed by atoms with Gasteiger partial charge in [-0.1, -0.05) is 60.7 Å². The van der Waals surface area contributed by atoms with Crippen LogP contribution in [-0.2, 0) is 4.31 Å². The summed E-state index contributed by atoms with van der Waals surface area (Å²) in [5.41, 5.74) is 2.55. The van der Waals surface area contributed by atoms with Gasteiger partial charge in [0.2, 0.25) is 0 Å². The van der Waals surface area contributed by atoms with Gasteiger partial charge in [-0.25, -0.2) is 4.31 Å². The van der Waals surface area contributed by atoms with Crippen molar-refractivity contribution in [3.8, 4) is 11.1 Å². The fraction of sp³-hybridized carbons (Fsp3) is 0. The van der Waals surface area contributed by atoms with Crippen LogP contribution in [0.3, 0.4) is 0 Å². The predicted molar refractivity (Wildman–Crippen MR) is 75.7 cm³/mol. The summed E-state index contributed by atoms with van der Waals surface area (Å²) in [6.45, 7) is 0. The maximum absolute atomic E-state index is 7.82. The summed E-state index contributed by atoms with van der Waals surface area (Å²) in [6.07, 6.45) is 0. The summed E-state index contributed by atoms with van der Waals surface area (Å²) < 4.78 is 3.60. The smallest absolute Gasteiger partial charge is 0.328 e. The summed E-state index contributed by atoms with van der Waals surface area (Å²) in [6, 6.07) is 20.8. The molecule has 0 unspecified atom stereocenters. The molecule has 0 aliphatic rings. The second kappa shape index (κ2) is 9.08. The summed E-state index contributed by atoms with van der Waals surface area (Å²) in [5, 5.41) is 0. The highest BCUT2D eigenvalue weighted by Gasteiger charge is 2.05. The molecule has 0 radical (unpaired) electrons. The first kappa shape index (κ1) is 16.2. The lowest BCUT2D eigenvalue weighted by Gasteiger charge is -2.00. The van der Waals surface area contributed by atoms with Gasteiger partial charge in [0.25, 0.3) is 0 Å². The van der Waals surface area contributed by atoms with Gasteiger partial charge in [0.15, 0.2) is 0 Å². The highest BCUT2D eigenvalue weighted by molar-refractivity contribution is 7.53. The SMILES string of the molecule is OP(O)OP(O)O.c1ccc(-c2ccccc2)cc1. The molecule has 0 fully saturated rings. The van der Waals surface area contributed by atoms with Crippen LogP contribution in [0.25, 0.3) is 11.1 Å². The van der Waals surface area contributed by atoms with Gasteiger partial charge < -0.3 is 19.6 Å². The van der Waals surface area contributed by atoms with E-state index in [2.05, 4.69) is 52.8 Å². The third kappa shape index (κ3) is 7.31. The van der Waals surface area contributed by atoms with Gasteiger partial charge in [-0.3, -0.25) is 0 Å². The number of hydrogen-bond donors (Lipinski definition) is 4. The van der Waals surface area contributed by atoms with Crippen LogP contribution in [0.15, 0.2) is 60.7 Å². The van der Waals surface area contributed by atoms with E-state index in [0.717, 1.165) is 0 Å². The quantitative estimate of drug-likeness (QED) is 0.654. The van der Waals surface area contributed by atoms with Gasteiger partial charge in [-0.05, 0) is 11.1 Å². The topological polar surface area (TPSA) is 90.2 Å². The Balaban J connectivity index is 0.000000224. The first-order valence-electron chi connectivity index (χ1n) is 5.24. The third-order valence-corrected chi connectivity index (χ3v) is 3.20. The molecule has 0 aliphatic carbocycles. The number of rotatable bonds is 3. The predicted octanol–water partition coefficient (Wildman–Crippen LogP) is 2.78. The standard InChI is InChI=1S/C12H10.H4O5P2/c1-3-7-11(8-4-1)12-9-5-2-6-10-12;1-6(2)5-7(3)4/h1-10H;1-4H. The van der Waals surface area contributed by atoms with E-state index < -0.39 is 17.2 Å². The third-order valence-electron chi connectivity index (χ3n) is 2.03. The maximum atomic E-state index is 7.82. The van der Waals surface area contributed by atoms with Crippen LogP contribution >= 0.6 is 17.2 Å². The fourth-order valence-electron chi connectivity index (χ4n) is 1.33. The zero-order valence-electron chi connectivity index (χ0n) is 9.87. The van der Waals surface area contributed by atoms with Crippen molar-refractivity contribution in [2.75, 3.05) is 0 Å². The molecule has 0 aromatic heterocycles. The van der Waals surface area contributed by atoms with E-state index in [4.69, 9.17) is 19.6 Å². The first-order valence-corrected chi connectivity index (χ1v) is 7.57. The van der Waals surface area contributed by atoms with Crippen LogP contribution in [0.5, 0.6) is 0 Å². The lowest BCUT2D eigenvalue weighted by molar-refractivity contribution is 0.324. The zero-order valence-corrected chi connectivity index (χ0v) is 11.7. The lowest BCUT2D eigenvalue weighted by atomic mass is 10.1. The normalized spacial score (nSPS) is 10.2. The number of hydrogen-bond acceptors (Lipinski definition) is 5. The van der Waals surface area contributed by atoms with E-state index in [1.165, 1.54) is 11.1 Å². The maximum Gasteiger partial charge on any atom is 0.334 e. The average Bonchev–Trinajstić information content (AvgIpc) is 2.40. The summed E-state index contributed by atoms with van der Waals surface area (Å²) in [5.74, 6) is 0. The fourth-order valence-corrected chi connectivity index (χ4v) is 1.85. The molecule has 5 nitrogen and oxygen atoms in total.